The molecule has 2 N–H and O–H groups in total. The van der Waals surface area contributed by atoms with Crippen LogP contribution in [0.1, 0.15) is 71.2 Å². The van der Waals surface area contributed by atoms with Crippen molar-refractivity contribution >= 4 is 29.6 Å². The fourth-order valence-electron chi connectivity index (χ4n) is 5.25. The molecule has 12 heteroatoms. The topological polar surface area (TPSA) is 135 Å². The summed E-state index contributed by atoms with van der Waals surface area (Å²) in [5.41, 5.74) is 2.53. The van der Waals surface area contributed by atoms with Crippen LogP contribution in [0.25, 0.3) is 11.4 Å². The van der Waals surface area contributed by atoms with Crippen molar-refractivity contribution in [3.63, 3.8) is 0 Å². The van der Waals surface area contributed by atoms with Gasteiger partial charge in [0.25, 0.3) is 0 Å². The lowest BCUT2D eigenvalue weighted by Gasteiger charge is -2.39. The van der Waals surface area contributed by atoms with Crippen molar-refractivity contribution < 1.29 is 28.6 Å². The second kappa shape index (κ2) is 14.5. The van der Waals surface area contributed by atoms with Gasteiger partial charge in [0.2, 0.25) is 0 Å². The fourth-order valence-corrected chi connectivity index (χ4v) is 5.25. The second-order valence-electron chi connectivity index (χ2n) is 11.5. The van der Waals surface area contributed by atoms with Crippen LogP contribution < -0.4 is 15.5 Å². The lowest BCUT2D eigenvalue weighted by atomic mass is 9.93. The van der Waals surface area contributed by atoms with Gasteiger partial charge in [-0.3, -0.25) is 9.69 Å². The van der Waals surface area contributed by atoms with E-state index in [1.807, 2.05) is 52.0 Å². The van der Waals surface area contributed by atoms with Gasteiger partial charge in [-0.1, -0.05) is 0 Å². The largest absolute Gasteiger partial charge is 0.466 e. The molecule has 43 heavy (non-hydrogen) atoms. The van der Waals surface area contributed by atoms with E-state index in [1.165, 1.54) is 0 Å². The van der Waals surface area contributed by atoms with Gasteiger partial charge in [0.05, 0.1) is 31.6 Å². The van der Waals surface area contributed by atoms with Crippen molar-refractivity contribution in [2.45, 2.75) is 71.9 Å². The molecule has 2 aliphatic heterocycles. The van der Waals surface area contributed by atoms with Crippen molar-refractivity contribution in [3.8, 4) is 11.4 Å². The number of carbonyl (C=O) groups excluding carboxylic acids is 3. The third-order valence-corrected chi connectivity index (χ3v) is 7.15. The SMILES string of the molecule is CCNC(=O)Nc1ccc(-c2nc3c(c(N4CCOCC4)n2)CCN(C(=O)OC(C)(C)C)[C@@H]3CCCC(=O)OCC)cc1. The normalized spacial score (nSPS) is 16.7. The molecule has 0 bridgehead atoms. The summed E-state index contributed by atoms with van der Waals surface area (Å²) in [6, 6.07) is 6.68. The Hall–Kier alpha value is -3.93. The van der Waals surface area contributed by atoms with Crippen LogP contribution in [0.4, 0.5) is 21.1 Å². The first kappa shape index (κ1) is 32.0. The maximum atomic E-state index is 13.4. The van der Waals surface area contributed by atoms with Gasteiger partial charge in [-0.2, -0.15) is 0 Å². The molecule has 0 radical (unpaired) electrons. The number of hydrogen-bond acceptors (Lipinski definition) is 9. The van der Waals surface area contributed by atoms with E-state index in [1.54, 1.807) is 11.8 Å². The molecule has 0 aliphatic carbocycles. The van der Waals surface area contributed by atoms with Crippen LogP contribution in [0, 0.1) is 0 Å². The van der Waals surface area contributed by atoms with E-state index < -0.39 is 17.7 Å². The molecular formula is C31H44N6O6. The Bertz CT molecular complexity index is 1270. The quantitative estimate of drug-likeness (QED) is 0.395. The van der Waals surface area contributed by atoms with Crippen molar-refractivity contribution in [3.05, 3.63) is 35.5 Å². The maximum Gasteiger partial charge on any atom is 0.410 e. The fraction of sp³-hybridized carbons (Fsp3) is 0.581. The van der Waals surface area contributed by atoms with Crippen LogP contribution in [-0.4, -0.2) is 84.6 Å². The molecule has 234 valence electrons. The minimum absolute atomic E-state index is 0.246. The molecule has 0 saturated carbocycles. The standard InChI is InChI=1S/C31H44N6O6/c1-6-32-29(39)33-22-13-11-21(12-14-22)27-34-26-23(28(35-27)36-17-19-41-20-18-36)15-16-37(30(40)43-31(3,4)5)24(26)9-8-10-25(38)42-7-2/h11-14,24H,6-10,15-20H2,1-5H3,(H2,32,33,39)/t24-/m1/s1. The number of rotatable bonds is 9. The summed E-state index contributed by atoms with van der Waals surface area (Å²) in [7, 11) is 0. The minimum atomic E-state index is -0.660. The number of anilines is 2. The van der Waals surface area contributed by atoms with E-state index in [9.17, 15) is 14.4 Å². The Morgan fingerprint density at radius 1 is 1.05 bits per heavy atom. The molecule has 0 unspecified atom stereocenters. The number of benzene rings is 1. The summed E-state index contributed by atoms with van der Waals surface area (Å²) in [5.74, 6) is 1.10. The average molecular weight is 597 g/mol. The van der Waals surface area contributed by atoms with Crippen molar-refractivity contribution in [1.29, 1.82) is 0 Å². The van der Waals surface area contributed by atoms with Gasteiger partial charge in [-0.15, -0.1) is 0 Å². The Morgan fingerprint density at radius 2 is 1.77 bits per heavy atom. The summed E-state index contributed by atoms with van der Waals surface area (Å²) in [6.45, 7) is 13.1. The summed E-state index contributed by atoms with van der Waals surface area (Å²) in [5, 5.41) is 5.53. The number of hydrogen-bond donors (Lipinski definition) is 2. The number of urea groups is 1. The molecular weight excluding hydrogens is 552 g/mol. The number of carbonyl (C=O) groups is 3. The number of esters is 1. The van der Waals surface area contributed by atoms with E-state index in [4.69, 9.17) is 24.2 Å². The van der Waals surface area contributed by atoms with E-state index in [-0.39, 0.29) is 18.4 Å². The molecule has 2 aliphatic rings. The Balaban J connectivity index is 1.74. The number of fused-ring (bicyclic) bond motifs is 1. The zero-order valence-electron chi connectivity index (χ0n) is 25.9. The number of nitrogens with one attached hydrogen (secondary N) is 2. The predicted molar refractivity (Wildman–Crippen MR) is 163 cm³/mol. The number of nitrogens with zero attached hydrogens (tertiary/aromatic N) is 4. The van der Waals surface area contributed by atoms with Gasteiger partial charge in [0.15, 0.2) is 5.82 Å². The van der Waals surface area contributed by atoms with E-state index in [0.717, 1.165) is 22.6 Å². The monoisotopic (exact) mass is 596 g/mol. The first-order valence-electron chi connectivity index (χ1n) is 15.1. The number of aromatic nitrogens is 2. The van der Waals surface area contributed by atoms with Crippen LogP contribution in [0.15, 0.2) is 24.3 Å². The number of morpholine rings is 1. The van der Waals surface area contributed by atoms with Crippen molar-refractivity contribution in [2.24, 2.45) is 0 Å². The Morgan fingerprint density at radius 3 is 2.42 bits per heavy atom. The predicted octanol–water partition coefficient (Wildman–Crippen LogP) is 4.69. The zero-order valence-corrected chi connectivity index (χ0v) is 25.9. The van der Waals surface area contributed by atoms with E-state index >= 15 is 0 Å². The second-order valence-corrected chi connectivity index (χ2v) is 11.5. The highest BCUT2D eigenvalue weighted by Gasteiger charge is 2.37. The highest BCUT2D eigenvalue weighted by atomic mass is 16.6. The molecule has 2 aromatic rings. The minimum Gasteiger partial charge on any atom is -0.466 e. The Labute approximate surface area is 253 Å². The lowest BCUT2D eigenvalue weighted by Crippen LogP contribution is -2.45. The molecule has 3 heterocycles. The summed E-state index contributed by atoms with van der Waals surface area (Å²) in [4.78, 5) is 51.7. The highest BCUT2D eigenvalue weighted by molar-refractivity contribution is 5.89. The average Bonchev–Trinajstić information content (AvgIpc) is 2.97. The van der Waals surface area contributed by atoms with Gasteiger partial charge >= 0.3 is 18.1 Å². The molecule has 1 aromatic heterocycles. The van der Waals surface area contributed by atoms with Crippen LogP contribution in [-0.2, 0) is 25.4 Å². The van der Waals surface area contributed by atoms with Crippen LogP contribution >= 0.6 is 0 Å². The number of amides is 3. The molecule has 12 nitrogen and oxygen atoms in total. The molecule has 3 amide bonds. The molecule has 1 atom stereocenters. The first-order valence-corrected chi connectivity index (χ1v) is 15.1. The molecule has 4 rings (SSSR count). The van der Waals surface area contributed by atoms with Gasteiger partial charge in [0, 0.05) is 49.4 Å². The van der Waals surface area contributed by atoms with E-state index in [0.29, 0.717) is 76.8 Å². The lowest BCUT2D eigenvalue weighted by molar-refractivity contribution is -0.143. The third kappa shape index (κ3) is 8.56. The third-order valence-electron chi connectivity index (χ3n) is 7.15. The van der Waals surface area contributed by atoms with Gasteiger partial charge in [0.1, 0.15) is 11.4 Å². The van der Waals surface area contributed by atoms with Gasteiger partial charge in [-0.05, 0) is 78.1 Å². The molecule has 0 spiro atoms. The first-order chi connectivity index (χ1) is 20.6. The smallest absolute Gasteiger partial charge is 0.410 e. The summed E-state index contributed by atoms with van der Waals surface area (Å²) < 4.78 is 16.6. The molecule has 1 fully saturated rings. The van der Waals surface area contributed by atoms with Gasteiger partial charge < -0.3 is 29.7 Å². The summed E-state index contributed by atoms with van der Waals surface area (Å²) >= 11 is 0. The highest BCUT2D eigenvalue weighted by Crippen LogP contribution is 2.39. The maximum absolute atomic E-state index is 13.4. The van der Waals surface area contributed by atoms with Crippen LogP contribution in [0.2, 0.25) is 0 Å². The van der Waals surface area contributed by atoms with Crippen molar-refractivity contribution in [1.82, 2.24) is 20.2 Å². The molecule has 1 aromatic carbocycles. The summed E-state index contributed by atoms with van der Waals surface area (Å²) in [6.07, 6.45) is 1.45. The van der Waals surface area contributed by atoms with Crippen LogP contribution in [0.3, 0.4) is 0 Å². The molecule has 1 saturated heterocycles. The van der Waals surface area contributed by atoms with E-state index in [2.05, 4.69) is 15.5 Å². The Kier molecular flexibility index (Phi) is 10.8. The number of ether oxygens (including phenoxy) is 3. The van der Waals surface area contributed by atoms with Crippen LogP contribution in [0.5, 0.6) is 0 Å². The van der Waals surface area contributed by atoms with Crippen molar-refractivity contribution in [2.75, 3.05) is 56.2 Å². The zero-order chi connectivity index (χ0) is 31.0. The van der Waals surface area contributed by atoms with Gasteiger partial charge in [-0.25, -0.2) is 19.6 Å².